The molecule has 13 heteroatoms. The van der Waals surface area contributed by atoms with Crippen molar-refractivity contribution in [2.24, 2.45) is 11.5 Å². The van der Waals surface area contributed by atoms with E-state index >= 15 is 0 Å². The molecule has 3 heterocycles. The Balaban J connectivity index is 0.000000299. The molecule has 412 valence electrons. The molecule has 2 fully saturated rings. The Labute approximate surface area is 483 Å². The number of ether oxygens (including phenoxy) is 2. The topological polar surface area (TPSA) is 124 Å². The fraction of sp³-hybridized carbons (Fsp3) is 0.338. The average molecular weight is 1130 g/mol. The first-order chi connectivity index (χ1) is 38.1. The van der Waals surface area contributed by atoms with Gasteiger partial charge >= 0.3 is 0 Å². The van der Waals surface area contributed by atoms with Gasteiger partial charge in [0.2, 0.25) is 5.91 Å². The van der Waals surface area contributed by atoms with Gasteiger partial charge in [0.05, 0.1) is 24.6 Å². The lowest BCUT2D eigenvalue weighted by Gasteiger charge is -2.36. The van der Waals surface area contributed by atoms with E-state index in [-0.39, 0.29) is 34.5 Å². The molecule has 6 aromatic rings. The van der Waals surface area contributed by atoms with Gasteiger partial charge in [0, 0.05) is 63.7 Å². The molecule has 78 heavy (non-hydrogen) atoms. The molecule has 4 aromatic carbocycles. The van der Waals surface area contributed by atoms with Gasteiger partial charge in [-0.2, -0.15) is 0 Å². The van der Waals surface area contributed by atoms with E-state index in [2.05, 4.69) is 97.8 Å². The van der Waals surface area contributed by atoms with Gasteiger partial charge in [-0.05, 0) is 130 Å². The molecule has 2 amide bonds. The number of fused-ring (bicyclic) bond motifs is 2. The number of nitrogens with two attached hydrogens (primary N) is 2. The number of pyridine rings is 1. The van der Waals surface area contributed by atoms with Crippen molar-refractivity contribution >= 4 is 73.8 Å². The number of thioether (sulfide) groups is 1. The monoisotopic (exact) mass is 1130 g/mol. The molecule has 0 saturated heterocycles. The summed E-state index contributed by atoms with van der Waals surface area (Å²) in [6, 6.07) is 32.9. The van der Waals surface area contributed by atoms with Crippen LogP contribution < -0.4 is 20.9 Å². The quantitative estimate of drug-likeness (QED) is 0.0628. The lowest BCUT2D eigenvalue weighted by Crippen LogP contribution is -2.45. The lowest BCUT2D eigenvalue weighted by molar-refractivity contribution is -0.134. The van der Waals surface area contributed by atoms with Gasteiger partial charge in [-0.15, -0.1) is 60.4 Å². The van der Waals surface area contributed by atoms with Crippen LogP contribution in [0.4, 0.5) is 0 Å². The SMILES string of the molecule is C#C.C#C.C=C/C=C(\C=C(C)C)c1ccc(OC)c(CN(C(=O)C2Sc3ccccc3C2Cl)C2CCCCC2)c1.CN.CN.COc1ccc(-c2ccncc2)cc1CN(C(=O)c1sc2ccccc2c1Cl)C1CCCCC1. The van der Waals surface area contributed by atoms with Crippen molar-refractivity contribution in [3.8, 4) is 48.3 Å². The van der Waals surface area contributed by atoms with Gasteiger partial charge < -0.3 is 30.7 Å². The highest BCUT2D eigenvalue weighted by Gasteiger charge is 2.41. The van der Waals surface area contributed by atoms with Gasteiger partial charge in [-0.3, -0.25) is 14.6 Å². The Morgan fingerprint density at radius 1 is 0.731 bits per heavy atom. The van der Waals surface area contributed by atoms with E-state index in [1.165, 1.54) is 43.8 Å². The van der Waals surface area contributed by atoms with Crippen LogP contribution in [0.1, 0.15) is 115 Å². The first-order valence-corrected chi connectivity index (χ1v) is 28.8. The minimum atomic E-state index is -0.321. The van der Waals surface area contributed by atoms with Crippen molar-refractivity contribution in [2.75, 3.05) is 28.3 Å². The average Bonchev–Trinajstić information content (AvgIpc) is 4.14. The standard InChI is InChI=1S/C31H36ClNO2S.C28H27ClN2O2S.2C2H2.2CH5N/c1-5-11-22(18-21(2)3)23-16-17-27(35-4)24(19-23)20-33(25-12-7-6-8-13-25)31(34)30-29(32)26-14-9-10-15-28(26)36-30;1-33-24-12-11-20(19-13-15-30-16-14-19)17-21(24)18-31(22-7-3-2-4-8-22)28(32)27-26(29)23-9-5-6-10-25(23)34-27;4*1-2/h5,9-11,14-19,25,29-30H,1,6-8,12-13,20H2,2-4H3;5-6,9-17,22H,2-4,7-8,18H2,1H3;2*1-2H;2*2H2,1H3/b22-11+;;;;;. The minimum Gasteiger partial charge on any atom is -0.496 e. The van der Waals surface area contributed by atoms with Crippen molar-refractivity contribution in [2.45, 2.75) is 119 Å². The normalized spacial score (nSPS) is 15.6. The number of amides is 2. The van der Waals surface area contributed by atoms with Crippen molar-refractivity contribution < 1.29 is 19.1 Å². The maximum absolute atomic E-state index is 14.1. The summed E-state index contributed by atoms with van der Waals surface area (Å²) in [4.78, 5) is 38.1. The van der Waals surface area contributed by atoms with Crippen LogP contribution >= 0.6 is 46.3 Å². The predicted molar refractivity (Wildman–Crippen MR) is 333 cm³/mol. The number of thiophene rings is 1. The van der Waals surface area contributed by atoms with Crippen LogP contribution in [0.25, 0.3) is 26.8 Å². The summed E-state index contributed by atoms with van der Waals surface area (Å²) in [6.07, 6.45) is 36.7. The second kappa shape index (κ2) is 33.9. The van der Waals surface area contributed by atoms with Crippen LogP contribution in [-0.4, -0.2) is 72.2 Å². The van der Waals surface area contributed by atoms with Gasteiger partial charge in [-0.25, -0.2) is 0 Å². The van der Waals surface area contributed by atoms with Gasteiger partial charge in [0.1, 0.15) is 21.6 Å². The Morgan fingerprint density at radius 3 is 1.86 bits per heavy atom. The number of hydrogen-bond acceptors (Lipinski definition) is 9. The molecule has 0 bridgehead atoms. The van der Waals surface area contributed by atoms with E-state index in [1.807, 2.05) is 89.8 Å². The Morgan fingerprint density at radius 2 is 1.28 bits per heavy atom. The smallest absolute Gasteiger partial charge is 0.266 e. The zero-order valence-corrected chi connectivity index (χ0v) is 49.3. The van der Waals surface area contributed by atoms with Crippen molar-refractivity contribution in [1.82, 2.24) is 14.8 Å². The van der Waals surface area contributed by atoms with Crippen LogP contribution in [0, 0.1) is 25.7 Å². The zero-order valence-electron chi connectivity index (χ0n) is 46.1. The number of nitrogens with zero attached hydrogens (tertiary/aromatic N) is 3. The summed E-state index contributed by atoms with van der Waals surface area (Å²) < 4.78 is 12.5. The summed E-state index contributed by atoms with van der Waals surface area (Å²) in [7, 11) is 6.38. The molecule has 4 N–H and O–H groups in total. The van der Waals surface area contributed by atoms with Gasteiger partial charge in [0.25, 0.3) is 5.91 Å². The van der Waals surface area contributed by atoms with Crippen LogP contribution in [0.15, 0.2) is 145 Å². The maximum atomic E-state index is 14.1. The molecule has 0 radical (unpaired) electrons. The van der Waals surface area contributed by atoms with E-state index in [1.54, 1.807) is 38.4 Å². The predicted octanol–water partition coefficient (Wildman–Crippen LogP) is 15.6. The highest BCUT2D eigenvalue weighted by atomic mass is 35.5. The van der Waals surface area contributed by atoms with E-state index in [0.29, 0.717) is 23.0 Å². The molecule has 2 aliphatic carbocycles. The Bertz CT molecular complexity index is 2950. The fourth-order valence-corrected chi connectivity index (χ4v) is 13.3. The molecule has 2 atom stereocenters. The van der Waals surface area contributed by atoms with Gasteiger partial charge in [-0.1, -0.05) is 129 Å². The first-order valence-electron chi connectivity index (χ1n) is 26.3. The van der Waals surface area contributed by atoms with E-state index in [4.69, 9.17) is 32.7 Å². The molecule has 3 aliphatic rings. The third kappa shape index (κ3) is 16.6. The Kier molecular flexibility index (Phi) is 27.9. The molecule has 2 saturated carbocycles. The number of terminal acetylenes is 2. The summed E-state index contributed by atoms with van der Waals surface area (Å²) in [5.41, 5.74) is 17.6. The largest absolute Gasteiger partial charge is 0.496 e. The second-order valence-corrected chi connectivity index (χ2v) is 21.7. The number of benzene rings is 4. The third-order valence-corrected chi connectivity index (χ3v) is 17.3. The zero-order chi connectivity index (χ0) is 57.1. The highest BCUT2D eigenvalue weighted by molar-refractivity contribution is 8.01. The number of aromatic nitrogens is 1. The summed E-state index contributed by atoms with van der Waals surface area (Å²) in [5, 5.41) is 0.863. The fourth-order valence-electron chi connectivity index (χ4n) is 10.1. The number of carbonyl (C=O) groups is 2. The number of hydrogen-bond donors (Lipinski definition) is 2. The van der Waals surface area contributed by atoms with Crippen molar-refractivity contribution in [3.05, 3.63) is 172 Å². The van der Waals surface area contributed by atoms with Crippen molar-refractivity contribution in [3.63, 3.8) is 0 Å². The summed E-state index contributed by atoms with van der Waals surface area (Å²) in [6.45, 7) is 9.06. The van der Waals surface area contributed by atoms with Crippen molar-refractivity contribution in [1.29, 1.82) is 0 Å². The first kappa shape index (κ1) is 64.2. The second-order valence-electron chi connectivity index (χ2n) is 18.6. The molecule has 1 aliphatic heterocycles. The lowest BCUT2D eigenvalue weighted by atomic mass is 9.92. The molecule has 2 aromatic heterocycles. The Hall–Kier alpha value is -6.28. The van der Waals surface area contributed by atoms with Gasteiger partial charge in [0.15, 0.2) is 0 Å². The number of allylic oxidation sites excluding steroid dienone is 5. The van der Waals surface area contributed by atoms with Crippen LogP contribution in [0.5, 0.6) is 11.5 Å². The third-order valence-electron chi connectivity index (χ3n) is 13.6. The van der Waals surface area contributed by atoms with E-state index < -0.39 is 0 Å². The maximum Gasteiger partial charge on any atom is 0.266 e. The van der Waals surface area contributed by atoms with Crippen LogP contribution in [0.3, 0.4) is 0 Å². The summed E-state index contributed by atoms with van der Waals surface area (Å²) in [5.74, 6) is 1.72. The molecular formula is C65H77Cl2N5O4S2. The van der Waals surface area contributed by atoms with E-state index in [9.17, 15) is 9.59 Å². The van der Waals surface area contributed by atoms with Crippen LogP contribution in [-0.2, 0) is 17.9 Å². The van der Waals surface area contributed by atoms with Crippen LogP contribution in [0.2, 0.25) is 5.02 Å². The number of carbonyl (C=O) groups excluding carboxylic acids is 2. The molecule has 0 spiro atoms. The summed E-state index contributed by atoms with van der Waals surface area (Å²) >= 11 is 16.7. The number of rotatable bonds is 14. The number of halogens is 2. The number of alkyl halides is 1. The highest BCUT2D eigenvalue weighted by Crippen LogP contribution is 2.49. The molecule has 9 rings (SSSR count). The number of methoxy groups -OCH3 is 2. The molecule has 2 unspecified atom stereocenters. The minimum absolute atomic E-state index is 0.00877. The molecular weight excluding hydrogens is 1050 g/mol. The van der Waals surface area contributed by atoms with E-state index in [0.717, 1.165) is 117 Å². The molecule has 9 nitrogen and oxygen atoms in total.